The Bertz CT molecular complexity index is 1240. The summed E-state index contributed by atoms with van der Waals surface area (Å²) in [6.07, 6.45) is 2.72. The van der Waals surface area contributed by atoms with E-state index in [-0.39, 0.29) is 23.2 Å². The molecule has 1 aliphatic carbocycles. The van der Waals surface area contributed by atoms with Crippen LogP contribution in [0.5, 0.6) is 0 Å². The fourth-order valence-electron chi connectivity index (χ4n) is 5.10. The molecule has 0 saturated heterocycles. The van der Waals surface area contributed by atoms with Crippen molar-refractivity contribution >= 4 is 40.4 Å². The second kappa shape index (κ2) is 8.55. The Morgan fingerprint density at radius 2 is 1.70 bits per heavy atom. The lowest BCUT2D eigenvalue weighted by Gasteiger charge is -2.40. The second-order valence-electron chi connectivity index (χ2n) is 9.58. The molecule has 2 aliphatic rings. The number of ketones is 1. The number of hydrogen-bond donors (Lipinski definition) is 1. The number of hydrogen-bond acceptors (Lipinski definition) is 3. The summed E-state index contributed by atoms with van der Waals surface area (Å²) in [7, 11) is 0. The van der Waals surface area contributed by atoms with Gasteiger partial charge in [0.25, 0.3) is 0 Å². The van der Waals surface area contributed by atoms with Gasteiger partial charge < -0.3 is 10.2 Å². The highest BCUT2D eigenvalue weighted by atomic mass is 35.5. The Morgan fingerprint density at radius 3 is 2.45 bits per heavy atom. The SMILES string of the molecule is CC1(C)C=C2Nc3ccccc3N(Cc3ccccc3)[C@H](c3ccc(Cl)c(Cl)c3)[C@@H]2C(=O)C1. The minimum absolute atomic E-state index is 0.207. The van der Waals surface area contributed by atoms with Crippen LogP contribution in [0.4, 0.5) is 11.4 Å². The standard InChI is InChI=1S/C28H26Cl2N2O/c1-28(2)15-23-26(25(33)16-28)27(19-12-13-20(29)21(30)14-19)32(17-18-8-4-3-5-9-18)24-11-7-6-10-22(24)31-23/h3-15,26-27,31H,16-17H2,1-2H3/t26-,27+/m0/s1. The summed E-state index contributed by atoms with van der Waals surface area (Å²) in [5.74, 6) is -0.113. The van der Waals surface area contributed by atoms with Crippen molar-refractivity contribution in [2.75, 3.05) is 10.2 Å². The van der Waals surface area contributed by atoms with Gasteiger partial charge in [-0.25, -0.2) is 0 Å². The Balaban J connectivity index is 1.75. The van der Waals surface area contributed by atoms with Crippen LogP contribution >= 0.6 is 23.2 Å². The van der Waals surface area contributed by atoms with Gasteiger partial charge in [0.1, 0.15) is 5.78 Å². The van der Waals surface area contributed by atoms with E-state index >= 15 is 0 Å². The van der Waals surface area contributed by atoms with Crippen LogP contribution in [-0.2, 0) is 11.3 Å². The molecule has 0 aromatic heterocycles. The van der Waals surface area contributed by atoms with Gasteiger partial charge in [-0.15, -0.1) is 0 Å². The monoisotopic (exact) mass is 476 g/mol. The zero-order chi connectivity index (χ0) is 23.2. The first kappa shape index (κ1) is 22.1. The minimum Gasteiger partial charge on any atom is -0.357 e. The molecule has 0 amide bonds. The molecule has 0 bridgehead atoms. The van der Waals surface area contributed by atoms with Crippen molar-refractivity contribution in [3.8, 4) is 0 Å². The molecular formula is C28H26Cl2N2O. The van der Waals surface area contributed by atoms with Gasteiger partial charge in [-0.1, -0.05) is 91.7 Å². The summed E-state index contributed by atoms with van der Waals surface area (Å²) in [5, 5.41) is 4.63. The first-order valence-electron chi connectivity index (χ1n) is 11.2. The largest absolute Gasteiger partial charge is 0.357 e. The number of nitrogens with zero attached hydrogens (tertiary/aromatic N) is 1. The van der Waals surface area contributed by atoms with Crippen LogP contribution in [0.25, 0.3) is 0 Å². The van der Waals surface area contributed by atoms with Crippen molar-refractivity contribution in [1.29, 1.82) is 0 Å². The number of fused-ring (bicyclic) bond motifs is 2. The Morgan fingerprint density at radius 1 is 0.970 bits per heavy atom. The van der Waals surface area contributed by atoms with Crippen molar-refractivity contribution in [2.24, 2.45) is 11.3 Å². The average molecular weight is 477 g/mol. The fourth-order valence-corrected chi connectivity index (χ4v) is 5.41. The number of allylic oxidation sites excluding steroid dienone is 1. The topological polar surface area (TPSA) is 32.3 Å². The van der Waals surface area contributed by atoms with Crippen LogP contribution in [0.15, 0.2) is 84.6 Å². The van der Waals surface area contributed by atoms with Crippen LogP contribution in [-0.4, -0.2) is 5.78 Å². The third-order valence-corrected chi connectivity index (χ3v) is 7.22. The molecular weight excluding hydrogens is 451 g/mol. The van der Waals surface area contributed by atoms with Gasteiger partial charge in [-0.3, -0.25) is 4.79 Å². The molecule has 3 aromatic rings. The van der Waals surface area contributed by atoms with Gasteiger partial charge in [0.15, 0.2) is 0 Å². The predicted molar refractivity (Wildman–Crippen MR) is 137 cm³/mol. The smallest absolute Gasteiger partial charge is 0.145 e. The van der Waals surface area contributed by atoms with Crippen LogP contribution in [0, 0.1) is 11.3 Å². The zero-order valence-electron chi connectivity index (χ0n) is 18.7. The fraction of sp³-hybridized carbons (Fsp3) is 0.250. The number of para-hydroxylation sites is 2. The highest BCUT2D eigenvalue weighted by Gasteiger charge is 2.44. The molecule has 33 heavy (non-hydrogen) atoms. The molecule has 168 valence electrons. The third-order valence-electron chi connectivity index (χ3n) is 6.48. The molecule has 5 rings (SSSR count). The molecule has 1 N–H and O–H groups in total. The van der Waals surface area contributed by atoms with Gasteiger partial charge in [-0.05, 0) is 40.8 Å². The molecule has 1 aliphatic heterocycles. The normalized spacial score (nSPS) is 21.4. The van der Waals surface area contributed by atoms with Gasteiger partial charge >= 0.3 is 0 Å². The maximum Gasteiger partial charge on any atom is 0.145 e. The highest BCUT2D eigenvalue weighted by Crippen LogP contribution is 2.49. The summed E-state index contributed by atoms with van der Waals surface area (Å²) in [5.41, 5.74) is 4.95. The molecule has 1 heterocycles. The number of Topliss-reactive ketones (excluding diaryl/α,β-unsaturated/α-hetero) is 1. The van der Waals surface area contributed by atoms with Gasteiger partial charge in [0, 0.05) is 18.7 Å². The number of halogens is 2. The molecule has 0 saturated carbocycles. The predicted octanol–water partition coefficient (Wildman–Crippen LogP) is 7.67. The molecule has 0 radical (unpaired) electrons. The van der Waals surface area contributed by atoms with Crippen LogP contribution in [0.2, 0.25) is 10.0 Å². The maximum absolute atomic E-state index is 13.7. The van der Waals surface area contributed by atoms with E-state index in [0.717, 1.165) is 22.6 Å². The number of carbonyl (C=O) groups excluding carboxylic acids is 1. The van der Waals surface area contributed by atoms with E-state index < -0.39 is 0 Å². The van der Waals surface area contributed by atoms with Crippen molar-refractivity contribution in [3.63, 3.8) is 0 Å². The van der Waals surface area contributed by atoms with Crippen LogP contribution in [0.3, 0.4) is 0 Å². The first-order valence-corrected chi connectivity index (χ1v) is 11.9. The zero-order valence-corrected chi connectivity index (χ0v) is 20.2. The summed E-state index contributed by atoms with van der Waals surface area (Å²) < 4.78 is 0. The van der Waals surface area contributed by atoms with Crippen molar-refractivity contribution in [1.82, 2.24) is 0 Å². The minimum atomic E-state index is -0.341. The third kappa shape index (κ3) is 4.28. The van der Waals surface area contributed by atoms with E-state index in [4.69, 9.17) is 23.2 Å². The summed E-state index contributed by atoms with van der Waals surface area (Å²) in [6, 6.07) is 24.1. The Labute approximate surface area is 205 Å². The van der Waals surface area contributed by atoms with Gasteiger partial charge in [-0.2, -0.15) is 0 Å². The van der Waals surface area contributed by atoms with E-state index in [0.29, 0.717) is 23.0 Å². The van der Waals surface area contributed by atoms with Crippen molar-refractivity contribution in [2.45, 2.75) is 32.9 Å². The number of anilines is 2. The van der Waals surface area contributed by atoms with Gasteiger partial charge in [0.2, 0.25) is 0 Å². The summed E-state index contributed by atoms with van der Waals surface area (Å²) >= 11 is 12.7. The second-order valence-corrected chi connectivity index (χ2v) is 10.4. The van der Waals surface area contributed by atoms with E-state index in [9.17, 15) is 4.79 Å². The molecule has 3 aromatic carbocycles. The van der Waals surface area contributed by atoms with E-state index in [1.807, 2.05) is 48.5 Å². The molecule has 2 atom stereocenters. The molecule has 0 fully saturated rings. The average Bonchev–Trinajstić information content (AvgIpc) is 2.90. The van der Waals surface area contributed by atoms with Gasteiger partial charge in [0.05, 0.1) is 33.4 Å². The number of nitrogens with one attached hydrogen (secondary N) is 1. The Kier molecular flexibility index (Phi) is 5.72. The van der Waals surface area contributed by atoms with Crippen LogP contribution < -0.4 is 10.2 Å². The summed E-state index contributed by atoms with van der Waals surface area (Å²) in [4.78, 5) is 16.0. The van der Waals surface area contributed by atoms with Crippen LogP contribution in [0.1, 0.15) is 37.4 Å². The first-order chi connectivity index (χ1) is 15.8. The summed E-state index contributed by atoms with van der Waals surface area (Å²) in [6.45, 7) is 4.88. The molecule has 0 spiro atoms. The Hall–Kier alpha value is -2.75. The maximum atomic E-state index is 13.7. The van der Waals surface area contributed by atoms with Crippen molar-refractivity contribution in [3.05, 3.63) is 106 Å². The lowest BCUT2D eigenvalue weighted by Crippen LogP contribution is -2.41. The highest BCUT2D eigenvalue weighted by molar-refractivity contribution is 6.42. The molecule has 0 unspecified atom stereocenters. The lowest BCUT2D eigenvalue weighted by molar-refractivity contribution is -0.124. The number of carbonyl (C=O) groups is 1. The number of rotatable bonds is 3. The van der Waals surface area contributed by atoms with E-state index in [1.54, 1.807) is 0 Å². The van der Waals surface area contributed by atoms with Crippen molar-refractivity contribution < 1.29 is 4.79 Å². The van der Waals surface area contributed by atoms with E-state index in [1.165, 1.54) is 5.56 Å². The molecule has 3 nitrogen and oxygen atoms in total. The van der Waals surface area contributed by atoms with E-state index in [2.05, 4.69) is 54.4 Å². The quantitative estimate of drug-likeness (QED) is 0.420. The molecule has 5 heteroatoms. The number of benzene rings is 3. The lowest BCUT2D eigenvalue weighted by atomic mass is 9.72.